The van der Waals surface area contributed by atoms with Gasteiger partial charge < -0.3 is 5.32 Å². The second-order valence-corrected chi connectivity index (χ2v) is 5.42. The van der Waals surface area contributed by atoms with Crippen LogP contribution < -0.4 is 5.32 Å². The van der Waals surface area contributed by atoms with Gasteiger partial charge >= 0.3 is 0 Å². The first-order valence-electron chi connectivity index (χ1n) is 5.71. The minimum Gasteiger partial charge on any atom is -0.321 e. The second-order valence-electron chi connectivity index (χ2n) is 4.26. The molecule has 0 aromatic heterocycles. The minimum absolute atomic E-state index is 0.0690. The van der Waals surface area contributed by atoms with Gasteiger partial charge in [-0.1, -0.05) is 24.3 Å². The van der Waals surface area contributed by atoms with Gasteiger partial charge in [-0.15, -0.1) is 0 Å². The van der Waals surface area contributed by atoms with Crippen LogP contribution in [0.5, 0.6) is 0 Å². The molecule has 0 radical (unpaired) electrons. The molecule has 2 nitrogen and oxygen atoms in total. The van der Waals surface area contributed by atoms with E-state index in [-0.39, 0.29) is 5.91 Å². The highest BCUT2D eigenvalue weighted by Crippen LogP contribution is 2.24. The Hall–Kier alpha value is -1.36. The highest BCUT2D eigenvalue weighted by atomic mass is 127. The molecule has 0 spiro atoms. The number of amides is 1. The van der Waals surface area contributed by atoms with Gasteiger partial charge in [-0.2, -0.15) is 0 Å². The van der Waals surface area contributed by atoms with Crippen molar-refractivity contribution in [1.82, 2.24) is 0 Å². The molecule has 0 atom stereocenters. The maximum atomic E-state index is 12.1. The maximum Gasteiger partial charge on any atom is 0.255 e. The Morgan fingerprint density at radius 1 is 1.11 bits per heavy atom. The molecule has 0 aliphatic carbocycles. The SMILES string of the molecule is Cc1cc(C)c(NC(=O)c2ccccc2)c(I)c1. The molecule has 0 bridgehead atoms. The number of benzene rings is 2. The van der Waals surface area contributed by atoms with Gasteiger partial charge in [-0.3, -0.25) is 4.79 Å². The molecule has 2 aromatic carbocycles. The zero-order valence-corrected chi connectivity index (χ0v) is 12.5. The van der Waals surface area contributed by atoms with Crippen LogP contribution in [-0.2, 0) is 0 Å². The molecule has 2 aromatic rings. The monoisotopic (exact) mass is 351 g/mol. The smallest absolute Gasteiger partial charge is 0.255 e. The lowest BCUT2D eigenvalue weighted by atomic mass is 10.1. The quantitative estimate of drug-likeness (QED) is 0.809. The fourth-order valence-corrected chi connectivity index (χ4v) is 2.90. The van der Waals surface area contributed by atoms with Crippen molar-refractivity contribution in [2.24, 2.45) is 0 Å². The molecule has 2 rings (SSSR count). The molecule has 1 amide bonds. The van der Waals surface area contributed by atoms with Crippen molar-refractivity contribution in [3.63, 3.8) is 0 Å². The third-order valence-electron chi connectivity index (χ3n) is 2.71. The van der Waals surface area contributed by atoms with E-state index in [1.807, 2.05) is 37.3 Å². The van der Waals surface area contributed by atoms with Crippen LogP contribution in [-0.4, -0.2) is 5.91 Å². The summed E-state index contributed by atoms with van der Waals surface area (Å²) >= 11 is 2.25. The predicted octanol–water partition coefficient (Wildman–Crippen LogP) is 4.16. The number of carbonyl (C=O) groups is 1. The predicted molar refractivity (Wildman–Crippen MR) is 83.0 cm³/mol. The Kier molecular flexibility index (Phi) is 4.01. The Labute approximate surface area is 121 Å². The largest absolute Gasteiger partial charge is 0.321 e. The molecule has 0 saturated heterocycles. The molecule has 0 heterocycles. The molecule has 0 fully saturated rings. The third-order valence-corrected chi connectivity index (χ3v) is 3.56. The van der Waals surface area contributed by atoms with Crippen molar-refractivity contribution in [2.75, 3.05) is 5.32 Å². The highest BCUT2D eigenvalue weighted by molar-refractivity contribution is 14.1. The van der Waals surface area contributed by atoms with E-state index in [4.69, 9.17) is 0 Å². The normalized spacial score (nSPS) is 10.2. The van der Waals surface area contributed by atoms with Gasteiger partial charge in [-0.25, -0.2) is 0 Å². The average Bonchev–Trinajstić information content (AvgIpc) is 2.34. The Balaban J connectivity index is 2.28. The molecule has 0 aliphatic heterocycles. The van der Waals surface area contributed by atoms with E-state index in [1.165, 1.54) is 5.56 Å². The number of anilines is 1. The van der Waals surface area contributed by atoms with E-state index in [2.05, 4.69) is 47.0 Å². The van der Waals surface area contributed by atoms with Crippen LogP contribution in [0, 0.1) is 17.4 Å². The van der Waals surface area contributed by atoms with Crippen LogP contribution in [0.1, 0.15) is 21.5 Å². The van der Waals surface area contributed by atoms with Gasteiger partial charge in [0.05, 0.1) is 5.69 Å². The van der Waals surface area contributed by atoms with Crippen molar-refractivity contribution in [2.45, 2.75) is 13.8 Å². The van der Waals surface area contributed by atoms with E-state index in [1.54, 1.807) is 0 Å². The topological polar surface area (TPSA) is 29.1 Å². The maximum absolute atomic E-state index is 12.1. The number of aryl methyl sites for hydroxylation is 2. The van der Waals surface area contributed by atoms with Crippen LogP contribution in [0.2, 0.25) is 0 Å². The lowest BCUT2D eigenvalue weighted by molar-refractivity contribution is 0.102. The summed E-state index contributed by atoms with van der Waals surface area (Å²) in [6, 6.07) is 13.4. The first-order valence-corrected chi connectivity index (χ1v) is 6.79. The summed E-state index contributed by atoms with van der Waals surface area (Å²) in [7, 11) is 0. The molecule has 3 heteroatoms. The molecule has 0 unspecified atom stereocenters. The number of hydrogen-bond acceptors (Lipinski definition) is 1. The Morgan fingerprint density at radius 3 is 2.39 bits per heavy atom. The third kappa shape index (κ3) is 2.90. The number of rotatable bonds is 2. The van der Waals surface area contributed by atoms with E-state index in [0.29, 0.717) is 5.56 Å². The van der Waals surface area contributed by atoms with E-state index in [0.717, 1.165) is 14.8 Å². The summed E-state index contributed by atoms with van der Waals surface area (Å²) in [6.45, 7) is 4.06. The summed E-state index contributed by atoms with van der Waals surface area (Å²) in [6.07, 6.45) is 0. The van der Waals surface area contributed by atoms with Gasteiger partial charge in [-0.05, 0) is 65.8 Å². The van der Waals surface area contributed by atoms with Crippen LogP contribution in [0.25, 0.3) is 0 Å². The molecule has 0 saturated carbocycles. The van der Waals surface area contributed by atoms with Crippen LogP contribution in [0.3, 0.4) is 0 Å². The van der Waals surface area contributed by atoms with E-state index in [9.17, 15) is 4.79 Å². The van der Waals surface area contributed by atoms with Crippen molar-refractivity contribution in [3.8, 4) is 0 Å². The van der Waals surface area contributed by atoms with E-state index >= 15 is 0 Å². The fourth-order valence-electron chi connectivity index (χ4n) is 1.85. The molecular formula is C15H14INO. The molecule has 0 aliphatic rings. The zero-order chi connectivity index (χ0) is 13.1. The number of nitrogens with one attached hydrogen (secondary N) is 1. The summed E-state index contributed by atoms with van der Waals surface area (Å²) in [5, 5.41) is 2.98. The zero-order valence-electron chi connectivity index (χ0n) is 10.3. The molecule has 1 N–H and O–H groups in total. The number of hydrogen-bond donors (Lipinski definition) is 1. The fraction of sp³-hybridized carbons (Fsp3) is 0.133. The van der Waals surface area contributed by atoms with Crippen LogP contribution >= 0.6 is 22.6 Å². The Morgan fingerprint density at radius 2 is 1.78 bits per heavy atom. The van der Waals surface area contributed by atoms with Gasteiger partial charge in [0.2, 0.25) is 0 Å². The standard InChI is InChI=1S/C15H14INO/c1-10-8-11(2)14(13(16)9-10)17-15(18)12-6-4-3-5-7-12/h3-9H,1-2H3,(H,17,18). The Bertz CT molecular complexity index is 555. The summed E-state index contributed by atoms with van der Waals surface area (Å²) < 4.78 is 1.06. The first-order chi connectivity index (χ1) is 8.58. The van der Waals surface area contributed by atoms with Crippen molar-refractivity contribution in [1.29, 1.82) is 0 Å². The number of halogens is 1. The molecule has 18 heavy (non-hydrogen) atoms. The second kappa shape index (κ2) is 5.52. The summed E-state index contributed by atoms with van der Waals surface area (Å²) in [5.74, 6) is -0.0690. The number of carbonyl (C=O) groups excluding carboxylic acids is 1. The van der Waals surface area contributed by atoms with Crippen LogP contribution in [0.4, 0.5) is 5.69 Å². The first kappa shape index (κ1) is 13.1. The van der Waals surface area contributed by atoms with Crippen molar-refractivity contribution >= 4 is 34.2 Å². The van der Waals surface area contributed by atoms with Gasteiger partial charge in [0.25, 0.3) is 5.91 Å². The van der Waals surface area contributed by atoms with Crippen molar-refractivity contribution < 1.29 is 4.79 Å². The summed E-state index contributed by atoms with van der Waals surface area (Å²) in [5.41, 5.74) is 3.86. The van der Waals surface area contributed by atoms with Gasteiger partial charge in [0, 0.05) is 9.13 Å². The average molecular weight is 351 g/mol. The molecular weight excluding hydrogens is 337 g/mol. The van der Waals surface area contributed by atoms with Gasteiger partial charge in [0.15, 0.2) is 0 Å². The lowest BCUT2D eigenvalue weighted by Gasteiger charge is -2.11. The summed E-state index contributed by atoms with van der Waals surface area (Å²) in [4.78, 5) is 12.1. The van der Waals surface area contributed by atoms with Crippen molar-refractivity contribution in [3.05, 3.63) is 62.7 Å². The van der Waals surface area contributed by atoms with E-state index < -0.39 is 0 Å². The molecule has 92 valence electrons. The lowest BCUT2D eigenvalue weighted by Crippen LogP contribution is -2.13. The van der Waals surface area contributed by atoms with Crippen LogP contribution in [0.15, 0.2) is 42.5 Å². The minimum atomic E-state index is -0.0690. The van der Waals surface area contributed by atoms with Gasteiger partial charge in [0.1, 0.15) is 0 Å². The highest BCUT2D eigenvalue weighted by Gasteiger charge is 2.10.